The van der Waals surface area contributed by atoms with Crippen LogP contribution in [0.5, 0.6) is 0 Å². The zero-order chi connectivity index (χ0) is 28.2. The summed E-state index contributed by atoms with van der Waals surface area (Å²) in [7, 11) is 0. The molecule has 0 radical (unpaired) electrons. The molecule has 0 saturated heterocycles. The summed E-state index contributed by atoms with van der Waals surface area (Å²) in [5.74, 6) is -3.90. The van der Waals surface area contributed by atoms with Crippen molar-refractivity contribution in [3.63, 3.8) is 0 Å². The lowest BCUT2D eigenvalue weighted by Gasteiger charge is -2.24. The van der Waals surface area contributed by atoms with Crippen LogP contribution in [0.2, 0.25) is 0 Å². The van der Waals surface area contributed by atoms with Gasteiger partial charge >= 0.3 is 17.9 Å². The smallest absolute Gasteiger partial charge is 0.317 e. The molecule has 0 aliphatic rings. The van der Waals surface area contributed by atoms with E-state index in [1.165, 1.54) is 9.80 Å². The van der Waals surface area contributed by atoms with Crippen molar-refractivity contribution in [3.8, 4) is 0 Å². The number of nitrogens with one attached hydrogen (secondary N) is 2. The molecular formula is C27H33N5O7. The summed E-state index contributed by atoms with van der Waals surface area (Å²) in [5.41, 5.74) is 2.83. The lowest BCUT2D eigenvalue weighted by atomic mass is 10.1. The standard InChI is InChI=1S/C27H33N5O7/c33-23(15-31(16-24(34)35)13-14-32(17-25(36)37)18-26(38)39)28-11-5-6-12-29-27-19-7-1-3-9-21(19)30-22-10-4-2-8-20(22)27/h1-4,7-10H,5-6,11-18H2,(H,28,33)(H,29,30)(H,34,35)(H,36,37)(H,38,39). The molecule has 0 fully saturated rings. The van der Waals surface area contributed by atoms with E-state index in [0.717, 1.165) is 33.9 Å². The number of hydrogen-bond donors (Lipinski definition) is 5. The minimum atomic E-state index is -1.20. The molecule has 208 valence electrons. The van der Waals surface area contributed by atoms with Crippen molar-refractivity contribution >= 4 is 51.3 Å². The number of anilines is 1. The molecule has 2 aromatic carbocycles. The quantitative estimate of drug-likeness (QED) is 0.124. The first-order valence-electron chi connectivity index (χ1n) is 12.6. The number of unbranched alkanes of at least 4 members (excludes halogenated alkanes) is 1. The van der Waals surface area contributed by atoms with Crippen LogP contribution >= 0.6 is 0 Å². The van der Waals surface area contributed by atoms with E-state index in [4.69, 9.17) is 20.3 Å². The van der Waals surface area contributed by atoms with Gasteiger partial charge < -0.3 is 26.0 Å². The fraction of sp³-hybridized carbons (Fsp3) is 0.370. The second-order valence-electron chi connectivity index (χ2n) is 9.11. The first-order chi connectivity index (χ1) is 18.7. The van der Waals surface area contributed by atoms with Gasteiger partial charge in [-0.3, -0.25) is 29.0 Å². The molecule has 1 aromatic heterocycles. The van der Waals surface area contributed by atoms with Gasteiger partial charge in [0.2, 0.25) is 5.91 Å². The second kappa shape index (κ2) is 14.6. The number of aromatic nitrogens is 1. The number of benzene rings is 2. The van der Waals surface area contributed by atoms with E-state index in [-0.39, 0.29) is 25.5 Å². The van der Waals surface area contributed by atoms with Gasteiger partial charge in [-0.1, -0.05) is 36.4 Å². The predicted molar refractivity (Wildman–Crippen MR) is 146 cm³/mol. The highest BCUT2D eigenvalue weighted by Gasteiger charge is 2.18. The molecule has 0 spiro atoms. The molecule has 0 unspecified atom stereocenters. The van der Waals surface area contributed by atoms with Gasteiger partial charge in [-0.15, -0.1) is 0 Å². The molecule has 3 aromatic rings. The van der Waals surface area contributed by atoms with E-state index in [2.05, 4.69) is 10.6 Å². The first kappa shape index (κ1) is 29.3. The van der Waals surface area contributed by atoms with Crippen LogP contribution in [0.3, 0.4) is 0 Å². The van der Waals surface area contributed by atoms with Crippen molar-refractivity contribution in [1.29, 1.82) is 0 Å². The summed E-state index contributed by atoms with van der Waals surface area (Å²) in [6.07, 6.45) is 1.48. The second-order valence-corrected chi connectivity index (χ2v) is 9.11. The Bertz CT molecular complexity index is 1250. The van der Waals surface area contributed by atoms with Crippen molar-refractivity contribution in [3.05, 3.63) is 48.5 Å². The van der Waals surface area contributed by atoms with Gasteiger partial charge in [-0.25, -0.2) is 4.98 Å². The maximum Gasteiger partial charge on any atom is 0.317 e. The molecule has 1 heterocycles. The Labute approximate surface area is 225 Å². The van der Waals surface area contributed by atoms with Gasteiger partial charge in [-0.2, -0.15) is 0 Å². The zero-order valence-electron chi connectivity index (χ0n) is 21.5. The van der Waals surface area contributed by atoms with Crippen molar-refractivity contribution in [1.82, 2.24) is 20.1 Å². The molecule has 39 heavy (non-hydrogen) atoms. The van der Waals surface area contributed by atoms with E-state index in [9.17, 15) is 19.2 Å². The van der Waals surface area contributed by atoms with Gasteiger partial charge in [0.15, 0.2) is 0 Å². The lowest BCUT2D eigenvalue weighted by Crippen LogP contribution is -2.45. The van der Waals surface area contributed by atoms with Gasteiger partial charge in [0.05, 0.1) is 42.9 Å². The fourth-order valence-corrected chi connectivity index (χ4v) is 4.27. The largest absolute Gasteiger partial charge is 0.480 e. The van der Waals surface area contributed by atoms with Gasteiger partial charge in [0, 0.05) is 37.0 Å². The third-order valence-electron chi connectivity index (χ3n) is 5.99. The van der Waals surface area contributed by atoms with Crippen molar-refractivity contribution < 1.29 is 34.5 Å². The average molecular weight is 540 g/mol. The number of nitrogens with zero attached hydrogens (tertiary/aromatic N) is 3. The maximum atomic E-state index is 12.4. The third kappa shape index (κ3) is 9.51. The molecule has 0 aliphatic heterocycles. The van der Waals surface area contributed by atoms with Crippen LogP contribution in [0.1, 0.15) is 12.8 Å². The Kier molecular flexibility index (Phi) is 11.0. The number of amides is 1. The molecule has 12 heteroatoms. The SMILES string of the molecule is O=C(O)CN(CCN(CC(=O)O)CC(=O)NCCCCNc1c2ccccc2nc2ccccc12)CC(=O)O. The molecule has 0 aliphatic carbocycles. The molecule has 1 amide bonds. The van der Waals surface area contributed by atoms with E-state index >= 15 is 0 Å². The number of fused-ring (bicyclic) bond motifs is 2. The number of rotatable bonds is 17. The Hall–Kier alpha value is -4.29. The lowest BCUT2D eigenvalue weighted by molar-refractivity contribution is -0.143. The van der Waals surface area contributed by atoms with Crippen LogP contribution < -0.4 is 10.6 Å². The number of para-hydroxylation sites is 2. The Morgan fingerprint density at radius 1 is 0.667 bits per heavy atom. The number of aliphatic carboxylic acids is 3. The number of carboxylic acid groups (broad SMARTS) is 3. The highest BCUT2D eigenvalue weighted by molar-refractivity contribution is 6.07. The van der Waals surface area contributed by atoms with Crippen LogP contribution in [0.15, 0.2) is 48.5 Å². The summed E-state index contributed by atoms with van der Waals surface area (Å²) in [5, 5.41) is 35.4. The number of pyridine rings is 1. The summed E-state index contributed by atoms with van der Waals surface area (Å²) < 4.78 is 0. The maximum absolute atomic E-state index is 12.4. The van der Waals surface area contributed by atoms with E-state index in [0.29, 0.717) is 19.5 Å². The molecule has 0 saturated carbocycles. The Morgan fingerprint density at radius 2 is 1.13 bits per heavy atom. The summed E-state index contributed by atoms with van der Waals surface area (Å²) in [6.45, 7) is -0.531. The number of carboxylic acids is 3. The van der Waals surface area contributed by atoms with Gasteiger partial charge in [0.25, 0.3) is 0 Å². The fourth-order valence-electron chi connectivity index (χ4n) is 4.27. The molecule has 5 N–H and O–H groups in total. The monoisotopic (exact) mass is 539 g/mol. The number of carbonyl (C=O) groups is 4. The Balaban J connectivity index is 1.46. The molecule has 3 rings (SSSR count). The number of hydrogen-bond acceptors (Lipinski definition) is 8. The number of carbonyl (C=O) groups excluding carboxylic acids is 1. The molecule has 0 bridgehead atoms. The normalized spacial score (nSPS) is 11.2. The van der Waals surface area contributed by atoms with Gasteiger partial charge in [0.1, 0.15) is 0 Å². The third-order valence-corrected chi connectivity index (χ3v) is 5.99. The highest BCUT2D eigenvalue weighted by Crippen LogP contribution is 2.30. The Morgan fingerprint density at radius 3 is 1.64 bits per heavy atom. The van der Waals surface area contributed by atoms with E-state index in [1.807, 2.05) is 48.5 Å². The van der Waals surface area contributed by atoms with E-state index < -0.39 is 37.5 Å². The zero-order valence-corrected chi connectivity index (χ0v) is 21.5. The molecule has 0 atom stereocenters. The minimum Gasteiger partial charge on any atom is -0.480 e. The molecular weight excluding hydrogens is 506 g/mol. The van der Waals surface area contributed by atoms with Crippen molar-refractivity contribution in [2.45, 2.75) is 12.8 Å². The van der Waals surface area contributed by atoms with Crippen molar-refractivity contribution in [2.75, 3.05) is 57.7 Å². The summed E-state index contributed by atoms with van der Waals surface area (Å²) >= 11 is 0. The average Bonchev–Trinajstić information content (AvgIpc) is 2.87. The first-order valence-corrected chi connectivity index (χ1v) is 12.6. The van der Waals surface area contributed by atoms with Crippen LogP contribution in [0.25, 0.3) is 21.8 Å². The minimum absolute atomic E-state index is 0.0107. The van der Waals surface area contributed by atoms with Crippen LogP contribution in [0, 0.1) is 0 Å². The van der Waals surface area contributed by atoms with Crippen LogP contribution in [-0.2, 0) is 19.2 Å². The summed E-state index contributed by atoms with van der Waals surface area (Å²) in [4.78, 5) is 52.8. The van der Waals surface area contributed by atoms with Crippen molar-refractivity contribution in [2.24, 2.45) is 0 Å². The topological polar surface area (TPSA) is 172 Å². The van der Waals surface area contributed by atoms with Gasteiger partial charge in [-0.05, 0) is 25.0 Å². The van der Waals surface area contributed by atoms with E-state index in [1.54, 1.807) is 0 Å². The highest BCUT2D eigenvalue weighted by atomic mass is 16.4. The summed E-state index contributed by atoms with van der Waals surface area (Å²) in [6, 6.07) is 15.9. The predicted octanol–water partition coefficient (Wildman–Crippen LogP) is 1.55. The molecule has 12 nitrogen and oxygen atoms in total. The van der Waals surface area contributed by atoms with Crippen LogP contribution in [-0.4, -0.2) is 106 Å². The van der Waals surface area contributed by atoms with Crippen LogP contribution in [0.4, 0.5) is 5.69 Å².